The molecule has 0 saturated carbocycles. The summed E-state index contributed by atoms with van der Waals surface area (Å²) in [6.07, 6.45) is 1.56. The van der Waals surface area contributed by atoms with Gasteiger partial charge in [-0.1, -0.05) is 30.3 Å². The van der Waals surface area contributed by atoms with Crippen LogP contribution in [0.1, 0.15) is 9.67 Å². The number of furan rings is 1. The van der Waals surface area contributed by atoms with Crippen molar-refractivity contribution in [3.63, 3.8) is 0 Å². The molecule has 0 saturated heterocycles. The molecule has 0 radical (unpaired) electrons. The number of thiazole rings is 1. The topological polar surface area (TPSA) is 89.4 Å². The van der Waals surface area contributed by atoms with Crippen molar-refractivity contribution < 1.29 is 14.0 Å². The fraction of sp³-hybridized carbons (Fsp3) is 0.118. The van der Waals surface area contributed by atoms with Gasteiger partial charge in [0.25, 0.3) is 5.91 Å². The highest BCUT2D eigenvalue weighted by atomic mass is 32.1. The van der Waals surface area contributed by atoms with E-state index in [1.165, 1.54) is 23.3 Å². The van der Waals surface area contributed by atoms with Gasteiger partial charge in [-0.3, -0.25) is 9.59 Å². The van der Waals surface area contributed by atoms with Gasteiger partial charge in [-0.05, 0) is 12.1 Å². The van der Waals surface area contributed by atoms with E-state index in [-0.39, 0.29) is 12.5 Å². The third kappa shape index (κ3) is 3.21. The molecule has 24 heavy (non-hydrogen) atoms. The van der Waals surface area contributed by atoms with Gasteiger partial charge in [0.2, 0.25) is 5.91 Å². The maximum atomic E-state index is 12.7. The highest BCUT2D eigenvalue weighted by Crippen LogP contribution is 2.34. The first-order valence-corrected chi connectivity index (χ1v) is 8.02. The summed E-state index contributed by atoms with van der Waals surface area (Å²) in [6, 6.07) is 13.0. The number of nitrogens with two attached hydrogens (primary N) is 1. The fourth-order valence-corrected chi connectivity index (χ4v) is 3.29. The van der Waals surface area contributed by atoms with E-state index in [9.17, 15) is 9.59 Å². The van der Waals surface area contributed by atoms with Crippen molar-refractivity contribution in [3.05, 3.63) is 53.6 Å². The van der Waals surface area contributed by atoms with Crippen LogP contribution < -0.4 is 5.73 Å². The van der Waals surface area contributed by atoms with Gasteiger partial charge >= 0.3 is 0 Å². The SMILES string of the molecule is CN(CC(N)=O)C(=O)c1sc(-c2ccco2)nc1-c1ccccc1. The van der Waals surface area contributed by atoms with Crippen molar-refractivity contribution in [1.82, 2.24) is 9.88 Å². The Kier molecular flexibility index (Phi) is 4.43. The van der Waals surface area contributed by atoms with Crippen LogP contribution in [0.5, 0.6) is 0 Å². The van der Waals surface area contributed by atoms with E-state index >= 15 is 0 Å². The Morgan fingerprint density at radius 1 is 1.21 bits per heavy atom. The zero-order valence-electron chi connectivity index (χ0n) is 12.9. The Bertz CT molecular complexity index is 857. The average Bonchev–Trinajstić information content (AvgIpc) is 3.23. The molecule has 1 aromatic carbocycles. The first-order chi connectivity index (χ1) is 11.6. The minimum Gasteiger partial charge on any atom is -0.462 e. The maximum Gasteiger partial charge on any atom is 0.266 e. The van der Waals surface area contributed by atoms with E-state index in [1.54, 1.807) is 18.4 Å². The van der Waals surface area contributed by atoms with Crippen LogP contribution in [-0.2, 0) is 4.79 Å². The number of aromatic nitrogens is 1. The van der Waals surface area contributed by atoms with Gasteiger partial charge in [0.05, 0.1) is 18.5 Å². The molecule has 0 fully saturated rings. The standard InChI is InChI=1S/C17H15N3O3S/c1-20(10-13(18)21)17(22)15-14(11-6-3-2-4-7-11)19-16(24-15)12-8-5-9-23-12/h2-9H,10H2,1H3,(H2,18,21). The van der Waals surface area contributed by atoms with Crippen molar-refractivity contribution >= 4 is 23.2 Å². The van der Waals surface area contributed by atoms with Crippen molar-refractivity contribution in [2.24, 2.45) is 5.73 Å². The predicted molar refractivity (Wildman–Crippen MR) is 91.4 cm³/mol. The predicted octanol–water partition coefficient (Wildman–Crippen LogP) is 2.63. The Morgan fingerprint density at radius 2 is 1.96 bits per heavy atom. The Morgan fingerprint density at radius 3 is 2.58 bits per heavy atom. The molecule has 0 aliphatic carbocycles. The minimum absolute atomic E-state index is 0.152. The monoisotopic (exact) mass is 341 g/mol. The number of hydrogen-bond acceptors (Lipinski definition) is 5. The molecule has 6 nitrogen and oxygen atoms in total. The molecule has 0 atom stereocenters. The van der Waals surface area contributed by atoms with Crippen LogP contribution in [0, 0.1) is 0 Å². The molecule has 3 aromatic rings. The van der Waals surface area contributed by atoms with Gasteiger partial charge in [0.15, 0.2) is 10.8 Å². The first-order valence-electron chi connectivity index (χ1n) is 7.20. The van der Waals surface area contributed by atoms with E-state index < -0.39 is 5.91 Å². The number of benzene rings is 1. The van der Waals surface area contributed by atoms with Crippen molar-refractivity contribution in [3.8, 4) is 22.0 Å². The van der Waals surface area contributed by atoms with E-state index in [0.717, 1.165) is 5.56 Å². The number of hydrogen-bond donors (Lipinski definition) is 1. The normalized spacial score (nSPS) is 10.5. The lowest BCUT2D eigenvalue weighted by molar-refractivity contribution is -0.118. The highest BCUT2D eigenvalue weighted by Gasteiger charge is 2.24. The van der Waals surface area contributed by atoms with Gasteiger partial charge < -0.3 is 15.1 Å². The molecule has 0 aliphatic rings. The molecular formula is C17H15N3O3S. The number of likely N-dealkylation sites (N-methyl/N-ethyl adjacent to an activating group) is 1. The van der Waals surface area contributed by atoms with E-state index in [1.807, 2.05) is 30.3 Å². The molecule has 7 heteroatoms. The van der Waals surface area contributed by atoms with Crippen molar-refractivity contribution in [2.45, 2.75) is 0 Å². The van der Waals surface area contributed by atoms with Crippen molar-refractivity contribution in [2.75, 3.05) is 13.6 Å². The second-order valence-electron chi connectivity index (χ2n) is 5.17. The molecule has 2 amide bonds. The van der Waals surface area contributed by atoms with Gasteiger partial charge in [0, 0.05) is 12.6 Å². The smallest absolute Gasteiger partial charge is 0.266 e. The molecule has 3 rings (SSSR count). The summed E-state index contributed by atoms with van der Waals surface area (Å²) in [5.41, 5.74) is 6.57. The third-order valence-electron chi connectivity index (χ3n) is 3.34. The quantitative estimate of drug-likeness (QED) is 0.772. The van der Waals surface area contributed by atoms with Crippen molar-refractivity contribution in [1.29, 1.82) is 0 Å². The van der Waals surface area contributed by atoms with Crippen LogP contribution in [0.15, 0.2) is 53.1 Å². The summed E-state index contributed by atoms with van der Waals surface area (Å²) in [7, 11) is 1.54. The van der Waals surface area contributed by atoms with Gasteiger partial charge in [-0.2, -0.15) is 0 Å². The first kappa shape index (κ1) is 15.9. The lowest BCUT2D eigenvalue weighted by atomic mass is 10.1. The summed E-state index contributed by atoms with van der Waals surface area (Å²) in [5, 5.41) is 0.606. The number of primary amides is 1. The number of amides is 2. The Hall–Kier alpha value is -2.93. The van der Waals surface area contributed by atoms with E-state index in [0.29, 0.717) is 21.3 Å². The largest absolute Gasteiger partial charge is 0.462 e. The van der Waals surface area contributed by atoms with Crippen LogP contribution in [0.2, 0.25) is 0 Å². The molecular weight excluding hydrogens is 326 g/mol. The third-order valence-corrected chi connectivity index (χ3v) is 4.40. The van der Waals surface area contributed by atoms with Gasteiger partial charge in [-0.25, -0.2) is 4.98 Å². The minimum atomic E-state index is -0.567. The van der Waals surface area contributed by atoms with Crippen LogP contribution in [0.4, 0.5) is 0 Å². The van der Waals surface area contributed by atoms with Gasteiger partial charge in [-0.15, -0.1) is 11.3 Å². The highest BCUT2D eigenvalue weighted by molar-refractivity contribution is 7.17. The van der Waals surface area contributed by atoms with Crippen LogP contribution >= 0.6 is 11.3 Å². The molecule has 2 aromatic heterocycles. The zero-order chi connectivity index (χ0) is 17.1. The number of carbonyl (C=O) groups is 2. The van der Waals surface area contributed by atoms with Gasteiger partial charge in [0.1, 0.15) is 4.88 Å². The molecule has 0 unspecified atom stereocenters. The molecule has 0 bridgehead atoms. The summed E-state index contributed by atoms with van der Waals surface area (Å²) in [5.74, 6) is -0.278. The van der Waals surface area contributed by atoms with Crippen LogP contribution in [0.3, 0.4) is 0 Å². The summed E-state index contributed by atoms with van der Waals surface area (Å²) in [4.78, 5) is 30.1. The lowest BCUT2D eigenvalue weighted by Crippen LogP contribution is -2.35. The molecule has 0 spiro atoms. The molecule has 122 valence electrons. The summed E-state index contributed by atoms with van der Waals surface area (Å²) >= 11 is 1.23. The van der Waals surface area contributed by atoms with Crippen LogP contribution in [-0.4, -0.2) is 35.3 Å². The summed E-state index contributed by atoms with van der Waals surface area (Å²) in [6.45, 7) is -0.152. The van der Waals surface area contributed by atoms with Crippen LogP contribution in [0.25, 0.3) is 22.0 Å². The second kappa shape index (κ2) is 6.67. The second-order valence-corrected chi connectivity index (χ2v) is 6.17. The number of rotatable bonds is 5. The zero-order valence-corrected chi connectivity index (χ0v) is 13.7. The maximum absolute atomic E-state index is 12.7. The molecule has 2 N–H and O–H groups in total. The molecule has 0 aliphatic heterocycles. The Balaban J connectivity index is 2.06. The number of carbonyl (C=O) groups excluding carboxylic acids is 2. The summed E-state index contributed by atoms with van der Waals surface area (Å²) < 4.78 is 5.38. The Labute approximate surface area is 142 Å². The molecule has 2 heterocycles. The number of nitrogens with zero attached hydrogens (tertiary/aromatic N) is 2. The van der Waals surface area contributed by atoms with E-state index in [2.05, 4.69) is 4.98 Å². The lowest BCUT2D eigenvalue weighted by Gasteiger charge is -2.14. The fourth-order valence-electron chi connectivity index (χ4n) is 2.24. The van der Waals surface area contributed by atoms with E-state index in [4.69, 9.17) is 10.2 Å². The average molecular weight is 341 g/mol.